The second kappa shape index (κ2) is 9.04. The molecular weight excluding hydrogens is 562 g/mol. The maximum absolute atomic E-state index is 14.4. The van der Waals surface area contributed by atoms with Crippen LogP contribution < -0.4 is 0 Å². The zero-order chi connectivity index (χ0) is 29.0. The highest BCUT2D eigenvalue weighted by atomic mass is 19.4. The van der Waals surface area contributed by atoms with Gasteiger partial charge in [-0.2, -0.15) is 79.0 Å². The van der Waals surface area contributed by atoms with Gasteiger partial charge in [0.2, 0.25) is 0 Å². The van der Waals surface area contributed by atoms with Crippen molar-refractivity contribution in [1.82, 2.24) is 0 Å². The number of benzene rings is 1. The van der Waals surface area contributed by atoms with Gasteiger partial charge >= 0.3 is 47.9 Å². The van der Waals surface area contributed by atoms with Crippen molar-refractivity contribution in [3.05, 3.63) is 34.9 Å². The third-order valence-electron chi connectivity index (χ3n) is 4.73. The monoisotopic (exact) mass is 572 g/mol. The summed E-state index contributed by atoms with van der Waals surface area (Å²) in [6.45, 7) is -1.30. The van der Waals surface area contributed by atoms with Gasteiger partial charge in [0.05, 0.1) is 0 Å². The molecule has 0 bridgehead atoms. The van der Waals surface area contributed by atoms with Crippen LogP contribution in [0.4, 0.5) is 79.0 Å². The van der Waals surface area contributed by atoms with Crippen LogP contribution in [0.1, 0.15) is 23.1 Å². The maximum atomic E-state index is 14.4. The fourth-order valence-electron chi connectivity index (χ4n) is 2.79. The van der Waals surface area contributed by atoms with Crippen LogP contribution in [-0.2, 0) is 18.3 Å². The third kappa shape index (κ3) is 4.55. The summed E-state index contributed by atoms with van der Waals surface area (Å²) in [6.07, 6.45) is -17.7. The van der Waals surface area contributed by atoms with Crippen molar-refractivity contribution in [3.63, 3.8) is 0 Å². The summed E-state index contributed by atoms with van der Waals surface area (Å²) in [5.74, 6) is -44.0. The van der Waals surface area contributed by atoms with E-state index in [4.69, 9.17) is 5.11 Å². The van der Waals surface area contributed by atoms with E-state index in [9.17, 15) is 79.0 Å². The molecule has 210 valence electrons. The summed E-state index contributed by atoms with van der Waals surface area (Å²) >= 11 is 0. The Morgan fingerprint density at radius 3 is 1.06 bits per heavy atom. The summed E-state index contributed by atoms with van der Waals surface area (Å²) in [7, 11) is 0. The van der Waals surface area contributed by atoms with Crippen LogP contribution in [0.5, 0.6) is 0 Å². The van der Waals surface area contributed by atoms with Gasteiger partial charge in [0.15, 0.2) is 0 Å². The van der Waals surface area contributed by atoms with Crippen molar-refractivity contribution < 1.29 is 84.1 Å². The number of hydrogen-bond acceptors (Lipinski definition) is 1. The molecule has 36 heavy (non-hydrogen) atoms. The quantitative estimate of drug-likeness (QED) is 0.305. The van der Waals surface area contributed by atoms with E-state index in [2.05, 4.69) is 0 Å². The highest BCUT2D eigenvalue weighted by Crippen LogP contribution is 2.60. The van der Waals surface area contributed by atoms with Crippen molar-refractivity contribution in [3.8, 4) is 0 Å². The van der Waals surface area contributed by atoms with E-state index in [0.717, 1.165) is 0 Å². The van der Waals surface area contributed by atoms with Gasteiger partial charge in [-0.3, -0.25) is 0 Å². The molecule has 0 aromatic heterocycles. The van der Waals surface area contributed by atoms with Crippen LogP contribution in [0.3, 0.4) is 0 Å². The minimum atomic E-state index is -7.59. The van der Waals surface area contributed by atoms with E-state index < -0.39 is 96.2 Å². The molecule has 1 aromatic carbocycles. The van der Waals surface area contributed by atoms with E-state index in [1.807, 2.05) is 0 Å². The minimum absolute atomic E-state index is 0.376. The molecule has 1 aromatic rings. The normalized spacial score (nSPS) is 15.4. The number of aliphatic hydroxyl groups excluding tert-OH is 1. The highest BCUT2D eigenvalue weighted by molar-refractivity contribution is 5.43. The Morgan fingerprint density at radius 1 is 0.500 bits per heavy atom. The Bertz CT molecular complexity index is 858. The molecule has 0 saturated carbocycles. The number of aliphatic hydroxyl groups is 1. The van der Waals surface area contributed by atoms with Gasteiger partial charge in [0.25, 0.3) is 0 Å². The number of hydrogen-bond donors (Lipinski definition) is 1. The second-order valence-electron chi connectivity index (χ2n) is 7.10. The van der Waals surface area contributed by atoms with Gasteiger partial charge in [0, 0.05) is 17.7 Å². The van der Waals surface area contributed by atoms with E-state index in [-0.39, 0.29) is 6.07 Å². The topological polar surface area (TPSA) is 20.2 Å². The van der Waals surface area contributed by atoms with E-state index >= 15 is 0 Å². The van der Waals surface area contributed by atoms with E-state index in [0.29, 0.717) is 0 Å². The SMILES string of the molecule is OCCCc1c(C(F)(F)C(F)(F)C(F)(F)C(F)(F)F)cccc1C(F)(F)C(F)(F)C(F)(F)C(F)(F)F. The van der Waals surface area contributed by atoms with Gasteiger partial charge in [-0.25, -0.2) is 0 Å². The van der Waals surface area contributed by atoms with Crippen molar-refractivity contribution in [1.29, 1.82) is 0 Å². The molecule has 0 fully saturated rings. The molecule has 0 radical (unpaired) electrons. The molecule has 0 saturated heterocycles. The zero-order valence-corrected chi connectivity index (χ0v) is 16.6. The molecule has 0 heterocycles. The summed E-state index contributed by atoms with van der Waals surface area (Å²) in [6, 6.07) is -1.45. The Labute approximate surface area is 187 Å². The van der Waals surface area contributed by atoms with Crippen LogP contribution in [0, 0.1) is 0 Å². The molecule has 0 spiro atoms. The van der Waals surface area contributed by atoms with Crippen LogP contribution >= 0.6 is 0 Å². The zero-order valence-electron chi connectivity index (χ0n) is 16.6. The number of halogens is 18. The molecular formula is C17H10F18O. The second-order valence-corrected chi connectivity index (χ2v) is 7.10. The lowest BCUT2D eigenvalue weighted by molar-refractivity contribution is -0.400. The Hall–Kier alpha value is -2.08. The molecule has 0 atom stereocenters. The summed E-state index contributed by atoms with van der Waals surface area (Å²) in [4.78, 5) is 0. The molecule has 0 unspecified atom stereocenters. The first-order valence-corrected chi connectivity index (χ1v) is 8.82. The Kier molecular flexibility index (Phi) is 8.02. The van der Waals surface area contributed by atoms with Crippen molar-refractivity contribution >= 4 is 0 Å². The smallest absolute Gasteiger partial charge is 0.396 e. The van der Waals surface area contributed by atoms with Crippen LogP contribution in [0.25, 0.3) is 0 Å². The maximum Gasteiger partial charge on any atom is 0.460 e. The molecule has 0 aliphatic carbocycles. The summed E-state index contributed by atoms with van der Waals surface area (Å²) in [5.41, 5.74) is -8.31. The molecule has 19 heteroatoms. The first-order chi connectivity index (χ1) is 15.7. The van der Waals surface area contributed by atoms with Crippen LogP contribution in [0.15, 0.2) is 18.2 Å². The molecule has 1 nitrogen and oxygen atoms in total. The first kappa shape index (κ1) is 31.9. The average Bonchev–Trinajstić information content (AvgIpc) is 2.69. The third-order valence-corrected chi connectivity index (χ3v) is 4.73. The Balaban J connectivity index is 4.02. The number of alkyl halides is 18. The standard InChI is InChI=1S/C17H10F18O/c18-10(19,12(22,23)14(26,27)16(30,31)32)8-4-1-5-9(7(8)3-2-6-36)11(20,21)13(24,25)15(28,29)17(33,34)35/h1,4-5,36H,2-3,6H2. The van der Waals surface area contributed by atoms with E-state index in [1.165, 1.54) is 0 Å². The van der Waals surface area contributed by atoms with Gasteiger partial charge in [-0.15, -0.1) is 0 Å². The van der Waals surface area contributed by atoms with Gasteiger partial charge in [0.1, 0.15) is 0 Å². The summed E-state index contributed by atoms with van der Waals surface area (Å²) < 4.78 is 240. The fraction of sp³-hybridized carbons (Fsp3) is 0.647. The van der Waals surface area contributed by atoms with Crippen molar-refractivity contribution in [2.24, 2.45) is 0 Å². The molecule has 1 N–H and O–H groups in total. The van der Waals surface area contributed by atoms with Crippen molar-refractivity contribution in [2.45, 2.75) is 60.7 Å². The van der Waals surface area contributed by atoms with Crippen LogP contribution in [-0.4, -0.2) is 47.8 Å². The van der Waals surface area contributed by atoms with Gasteiger partial charge in [-0.05, 0) is 18.4 Å². The largest absolute Gasteiger partial charge is 0.460 e. The minimum Gasteiger partial charge on any atom is -0.396 e. The highest BCUT2D eigenvalue weighted by Gasteiger charge is 2.84. The molecule has 1 rings (SSSR count). The molecule has 0 aliphatic rings. The predicted molar refractivity (Wildman–Crippen MR) is 81.5 cm³/mol. The number of rotatable bonds is 9. The fourth-order valence-corrected chi connectivity index (χ4v) is 2.79. The lowest BCUT2D eigenvalue weighted by atomic mass is 9.84. The lowest BCUT2D eigenvalue weighted by Gasteiger charge is -2.37. The van der Waals surface area contributed by atoms with Crippen LogP contribution in [0.2, 0.25) is 0 Å². The molecule has 0 amide bonds. The van der Waals surface area contributed by atoms with Gasteiger partial charge < -0.3 is 5.11 Å². The van der Waals surface area contributed by atoms with Crippen molar-refractivity contribution in [2.75, 3.05) is 6.61 Å². The first-order valence-electron chi connectivity index (χ1n) is 8.82. The predicted octanol–water partition coefficient (Wildman–Crippen LogP) is 7.46. The van der Waals surface area contributed by atoms with E-state index in [1.54, 1.807) is 0 Å². The average molecular weight is 572 g/mol. The lowest BCUT2D eigenvalue weighted by Crippen LogP contribution is -2.60. The molecule has 0 aliphatic heterocycles. The Morgan fingerprint density at radius 2 is 0.806 bits per heavy atom. The summed E-state index contributed by atoms with van der Waals surface area (Å²) in [5, 5.41) is 8.70. The van der Waals surface area contributed by atoms with Gasteiger partial charge in [-0.1, -0.05) is 18.2 Å².